The van der Waals surface area contributed by atoms with Crippen molar-refractivity contribution < 1.29 is 0 Å². The molecule has 2 aromatic heterocycles. The third-order valence-corrected chi connectivity index (χ3v) is 4.10. The molecule has 3 aromatic rings. The van der Waals surface area contributed by atoms with Gasteiger partial charge in [-0.05, 0) is 25.0 Å². The highest BCUT2D eigenvalue weighted by atomic mass is 15.4. The number of aryl methyl sites for hydroxylation is 1. The maximum Gasteiger partial charge on any atom is 0.254 e. The number of nitrogens with zero attached hydrogens (tertiary/aromatic N) is 5. The van der Waals surface area contributed by atoms with Gasteiger partial charge < -0.3 is 10.2 Å². The SMILES string of the molecule is Cc1cc(N[C@H]2Cc3ccccc3N(C)C2)n2ncnc2n1. The molecule has 1 N–H and O–H groups in total. The average Bonchev–Trinajstić information content (AvgIpc) is 2.95. The molecule has 1 aromatic carbocycles. The van der Waals surface area contributed by atoms with Gasteiger partial charge in [-0.2, -0.15) is 14.6 Å². The molecule has 112 valence electrons. The van der Waals surface area contributed by atoms with E-state index in [9.17, 15) is 0 Å². The summed E-state index contributed by atoms with van der Waals surface area (Å²) in [6, 6.07) is 10.9. The molecule has 1 aliphatic heterocycles. The van der Waals surface area contributed by atoms with E-state index in [1.165, 1.54) is 17.6 Å². The zero-order chi connectivity index (χ0) is 15.1. The summed E-state index contributed by atoms with van der Waals surface area (Å²) in [4.78, 5) is 10.8. The first kappa shape index (κ1) is 13.1. The van der Waals surface area contributed by atoms with Gasteiger partial charge in [0.2, 0.25) is 0 Å². The molecule has 0 amide bonds. The van der Waals surface area contributed by atoms with Crippen LogP contribution in [-0.4, -0.2) is 39.2 Å². The Hall–Kier alpha value is -2.63. The van der Waals surface area contributed by atoms with Gasteiger partial charge >= 0.3 is 0 Å². The van der Waals surface area contributed by atoms with Gasteiger partial charge in [-0.3, -0.25) is 0 Å². The molecule has 0 spiro atoms. The average molecular weight is 294 g/mol. The highest BCUT2D eigenvalue weighted by Crippen LogP contribution is 2.27. The van der Waals surface area contributed by atoms with Crippen LogP contribution in [0.15, 0.2) is 36.7 Å². The number of benzene rings is 1. The van der Waals surface area contributed by atoms with Gasteiger partial charge in [0.25, 0.3) is 5.78 Å². The fraction of sp³-hybridized carbons (Fsp3) is 0.312. The lowest BCUT2D eigenvalue weighted by Gasteiger charge is -2.34. The molecule has 4 rings (SSSR count). The number of aromatic nitrogens is 4. The summed E-state index contributed by atoms with van der Waals surface area (Å²) in [6.07, 6.45) is 2.54. The minimum absolute atomic E-state index is 0.328. The summed E-state index contributed by atoms with van der Waals surface area (Å²) in [5.41, 5.74) is 3.62. The molecular formula is C16H18N6. The number of hydrogen-bond donors (Lipinski definition) is 1. The molecule has 1 atom stereocenters. The van der Waals surface area contributed by atoms with Crippen molar-refractivity contribution in [2.45, 2.75) is 19.4 Å². The van der Waals surface area contributed by atoms with Gasteiger partial charge in [-0.15, -0.1) is 0 Å². The van der Waals surface area contributed by atoms with Crippen molar-refractivity contribution in [2.24, 2.45) is 0 Å². The molecule has 1 aliphatic rings. The second kappa shape index (κ2) is 4.98. The number of fused-ring (bicyclic) bond motifs is 2. The smallest absolute Gasteiger partial charge is 0.254 e. The summed E-state index contributed by atoms with van der Waals surface area (Å²) in [6.45, 7) is 2.93. The molecular weight excluding hydrogens is 276 g/mol. The van der Waals surface area contributed by atoms with Crippen molar-refractivity contribution in [1.82, 2.24) is 19.6 Å². The predicted molar refractivity (Wildman–Crippen MR) is 86.3 cm³/mol. The van der Waals surface area contributed by atoms with Gasteiger partial charge in [0.15, 0.2) is 0 Å². The second-order valence-electron chi connectivity index (χ2n) is 5.81. The van der Waals surface area contributed by atoms with E-state index < -0.39 is 0 Å². The van der Waals surface area contributed by atoms with Gasteiger partial charge in [0, 0.05) is 37.1 Å². The standard InChI is InChI=1S/C16H18N6/c1-11-7-15(22-16(19-11)17-10-18-22)20-13-8-12-5-3-4-6-14(12)21(2)9-13/h3-7,10,13,20H,8-9H2,1-2H3/t13-/m0/s1. The highest BCUT2D eigenvalue weighted by Gasteiger charge is 2.22. The van der Waals surface area contributed by atoms with Crippen LogP contribution < -0.4 is 10.2 Å². The molecule has 3 heterocycles. The van der Waals surface area contributed by atoms with Gasteiger partial charge in [-0.1, -0.05) is 18.2 Å². The van der Waals surface area contributed by atoms with Crippen LogP contribution >= 0.6 is 0 Å². The van der Waals surface area contributed by atoms with Crippen LogP contribution in [0, 0.1) is 6.92 Å². The third kappa shape index (κ3) is 2.16. The zero-order valence-electron chi connectivity index (χ0n) is 12.7. The first-order chi connectivity index (χ1) is 10.7. The quantitative estimate of drug-likeness (QED) is 0.782. The number of nitrogens with one attached hydrogen (secondary N) is 1. The highest BCUT2D eigenvalue weighted by molar-refractivity contribution is 5.57. The molecule has 0 fully saturated rings. The third-order valence-electron chi connectivity index (χ3n) is 4.10. The maximum absolute atomic E-state index is 4.38. The molecule has 0 aliphatic carbocycles. The van der Waals surface area contributed by atoms with Crippen molar-refractivity contribution in [3.8, 4) is 0 Å². The van der Waals surface area contributed by atoms with Crippen LogP contribution in [0.4, 0.5) is 11.5 Å². The van der Waals surface area contributed by atoms with E-state index in [-0.39, 0.29) is 0 Å². The molecule has 0 bridgehead atoms. The fourth-order valence-electron chi connectivity index (χ4n) is 3.15. The first-order valence-electron chi connectivity index (χ1n) is 7.43. The Bertz CT molecular complexity index is 824. The minimum Gasteiger partial charge on any atom is -0.372 e. The monoisotopic (exact) mass is 294 g/mol. The largest absolute Gasteiger partial charge is 0.372 e. The predicted octanol–water partition coefficient (Wildman–Crippen LogP) is 1.91. The zero-order valence-corrected chi connectivity index (χ0v) is 12.7. The van der Waals surface area contributed by atoms with E-state index in [0.717, 1.165) is 24.5 Å². The summed E-state index contributed by atoms with van der Waals surface area (Å²) < 4.78 is 1.76. The van der Waals surface area contributed by atoms with E-state index in [4.69, 9.17) is 0 Å². The molecule has 0 saturated carbocycles. The Balaban J connectivity index is 1.65. The van der Waals surface area contributed by atoms with E-state index in [0.29, 0.717) is 11.8 Å². The molecule has 0 saturated heterocycles. The number of hydrogen-bond acceptors (Lipinski definition) is 5. The van der Waals surface area contributed by atoms with E-state index >= 15 is 0 Å². The summed E-state index contributed by atoms with van der Waals surface area (Å²) in [5.74, 6) is 1.57. The van der Waals surface area contributed by atoms with Gasteiger partial charge in [0.1, 0.15) is 12.1 Å². The van der Waals surface area contributed by atoms with Gasteiger partial charge in [-0.25, -0.2) is 4.98 Å². The van der Waals surface area contributed by atoms with Crippen molar-refractivity contribution in [3.63, 3.8) is 0 Å². The molecule has 6 heteroatoms. The summed E-state index contributed by atoms with van der Waals surface area (Å²) in [5, 5.41) is 7.86. The van der Waals surface area contributed by atoms with Crippen LogP contribution in [0.25, 0.3) is 5.78 Å². The minimum atomic E-state index is 0.328. The summed E-state index contributed by atoms with van der Waals surface area (Å²) in [7, 11) is 2.13. The Morgan fingerprint density at radius 3 is 3.05 bits per heavy atom. The lowest BCUT2D eigenvalue weighted by Crippen LogP contribution is -2.40. The summed E-state index contributed by atoms with van der Waals surface area (Å²) >= 11 is 0. The van der Waals surface area contributed by atoms with Crippen molar-refractivity contribution >= 4 is 17.3 Å². The van der Waals surface area contributed by atoms with Crippen LogP contribution in [0.5, 0.6) is 0 Å². The van der Waals surface area contributed by atoms with Crippen LogP contribution in [0.3, 0.4) is 0 Å². The molecule has 22 heavy (non-hydrogen) atoms. The number of likely N-dealkylation sites (N-methyl/N-ethyl adjacent to an activating group) is 1. The molecule has 6 nitrogen and oxygen atoms in total. The Kier molecular flexibility index (Phi) is 2.96. The normalized spacial score (nSPS) is 17.5. The van der Waals surface area contributed by atoms with Crippen molar-refractivity contribution in [1.29, 1.82) is 0 Å². The Morgan fingerprint density at radius 1 is 1.27 bits per heavy atom. The number of anilines is 2. The van der Waals surface area contributed by atoms with Crippen molar-refractivity contribution in [2.75, 3.05) is 23.8 Å². The van der Waals surface area contributed by atoms with E-state index in [2.05, 4.69) is 56.6 Å². The van der Waals surface area contributed by atoms with Crippen LogP contribution in [0.2, 0.25) is 0 Å². The lowest BCUT2D eigenvalue weighted by atomic mass is 9.98. The molecule has 0 radical (unpaired) electrons. The van der Waals surface area contributed by atoms with Crippen LogP contribution in [-0.2, 0) is 6.42 Å². The molecule has 0 unspecified atom stereocenters. The Labute approximate surface area is 128 Å². The van der Waals surface area contributed by atoms with Gasteiger partial charge in [0.05, 0.1) is 0 Å². The number of para-hydroxylation sites is 1. The van der Waals surface area contributed by atoms with E-state index in [1.807, 2.05) is 13.0 Å². The second-order valence-corrected chi connectivity index (χ2v) is 5.81. The Morgan fingerprint density at radius 2 is 2.14 bits per heavy atom. The first-order valence-corrected chi connectivity index (χ1v) is 7.43. The van der Waals surface area contributed by atoms with Crippen LogP contribution in [0.1, 0.15) is 11.3 Å². The maximum atomic E-state index is 4.38. The van der Waals surface area contributed by atoms with E-state index in [1.54, 1.807) is 4.52 Å². The topological polar surface area (TPSA) is 58.4 Å². The lowest BCUT2D eigenvalue weighted by molar-refractivity contribution is 0.657. The number of rotatable bonds is 2. The van der Waals surface area contributed by atoms with Crippen molar-refractivity contribution in [3.05, 3.63) is 47.9 Å². The fourth-order valence-corrected chi connectivity index (χ4v) is 3.15.